The van der Waals surface area contributed by atoms with Gasteiger partial charge in [0.2, 0.25) is 0 Å². The van der Waals surface area contributed by atoms with Crippen LogP contribution in [0.3, 0.4) is 0 Å². The summed E-state index contributed by atoms with van der Waals surface area (Å²) in [5, 5.41) is 7.06. The van der Waals surface area contributed by atoms with E-state index in [0.717, 1.165) is 31.7 Å². The van der Waals surface area contributed by atoms with Crippen molar-refractivity contribution in [2.24, 2.45) is 0 Å². The third-order valence-corrected chi connectivity index (χ3v) is 3.42. The van der Waals surface area contributed by atoms with Crippen molar-refractivity contribution in [3.05, 3.63) is 30.4 Å². The molecule has 0 spiro atoms. The number of nitrogen functional groups attached to an aromatic ring is 1. The van der Waals surface area contributed by atoms with Gasteiger partial charge < -0.3 is 10.6 Å². The molecule has 18 heavy (non-hydrogen) atoms. The molecule has 2 aromatic rings. The van der Waals surface area contributed by atoms with Gasteiger partial charge in [0.25, 0.3) is 0 Å². The van der Waals surface area contributed by atoms with Gasteiger partial charge in [-0.1, -0.05) is 0 Å². The predicted molar refractivity (Wildman–Crippen MR) is 69.2 cm³/mol. The maximum atomic E-state index is 5.66. The second-order valence-corrected chi connectivity index (χ2v) is 4.58. The van der Waals surface area contributed by atoms with Gasteiger partial charge in [0.15, 0.2) is 0 Å². The maximum absolute atomic E-state index is 5.66. The van der Waals surface area contributed by atoms with Crippen LogP contribution < -0.4 is 10.6 Å². The summed E-state index contributed by atoms with van der Waals surface area (Å²) in [4.78, 5) is 10.6. The Hall–Kier alpha value is -2.11. The number of nitrogens with two attached hydrogens (primary N) is 1. The van der Waals surface area contributed by atoms with Gasteiger partial charge in [0, 0.05) is 30.9 Å². The smallest absolute Gasteiger partial charge is 0.149 e. The van der Waals surface area contributed by atoms with E-state index >= 15 is 0 Å². The Labute approximate surface area is 105 Å². The largest absolute Gasteiger partial charge is 0.382 e. The molecular formula is C12H16N6. The van der Waals surface area contributed by atoms with Crippen LogP contribution in [0.5, 0.6) is 0 Å². The molecule has 1 aliphatic heterocycles. The van der Waals surface area contributed by atoms with E-state index < -0.39 is 0 Å². The molecule has 1 fully saturated rings. The zero-order valence-electron chi connectivity index (χ0n) is 10.1. The first-order valence-electron chi connectivity index (χ1n) is 6.14. The number of nitrogens with zero attached hydrogens (tertiary/aromatic N) is 4. The van der Waals surface area contributed by atoms with E-state index in [1.807, 2.05) is 6.20 Å². The first-order valence-corrected chi connectivity index (χ1v) is 6.14. The van der Waals surface area contributed by atoms with Gasteiger partial charge in [-0.05, 0) is 18.9 Å². The standard InChI is InChI=1S/C12H16N6/c13-11-7-14-8-12(16-11)18-5-2-9(3-6-18)10-1-4-15-17-10/h1,4,7-9H,2-3,5-6H2,(H2,13,16)(H,15,17). The summed E-state index contributed by atoms with van der Waals surface area (Å²) < 4.78 is 0. The first-order chi connectivity index (χ1) is 8.83. The minimum atomic E-state index is 0.475. The van der Waals surface area contributed by atoms with Crippen molar-refractivity contribution in [3.63, 3.8) is 0 Å². The molecule has 0 aliphatic carbocycles. The SMILES string of the molecule is Nc1cncc(N2CCC(c3ccn[nH]3)CC2)n1. The lowest BCUT2D eigenvalue weighted by Crippen LogP contribution is -2.33. The monoisotopic (exact) mass is 244 g/mol. The van der Waals surface area contributed by atoms with Gasteiger partial charge in [-0.25, -0.2) is 4.98 Å². The Bertz CT molecular complexity index is 501. The Morgan fingerprint density at radius 3 is 2.78 bits per heavy atom. The van der Waals surface area contributed by atoms with Crippen molar-refractivity contribution < 1.29 is 0 Å². The van der Waals surface area contributed by atoms with Crippen molar-refractivity contribution in [2.75, 3.05) is 23.7 Å². The number of H-pyrrole nitrogens is 1. The van der Waals surface area contributed by atoms with Crippen molar-refractivity contribution in [1.82, 2.24) is 20.2 Å². The van der Waals surface area contributed by atoms with Crippen LogP contribution in [-0.4, -0.2) is 33.3 Å². The average Bonchev–Trinajstić information content (AvgIpc) is 2.93. The van der Waals surface area contributed by atoms with Crippen molar-refractivity contribution in [1.29, 1.82) is 0 Å². The molecule has 0 amide bonds. The highest BCUT2D eigenvalue weighted by Crippen LogP contribution is 2.28. The molecule has 1 aliphatic rings. The van der Waals surface area contributed by atoms with E-state index in [1.165, 1.54) is 5.69 Å². The average molecular weight is 244 g/mol. The molecule has 3 rings (SSSR count). The van der Waals surface area contributed by atoms with Crippen LogP contribution in [0.2, 0.25) is 0 Å². The van der Waals surface area contributed by atoms with Crippen LogP contribution in [0.15, 0.2) is 24.7 Å². The summed E-state index contributed by atoms with van der Waals surface area (Å²) in [5.41, 5.74) is 6.89. The molecule has 6 nitrogen and oxygen atoms in total. The zero-order valence-corrected chi connectivity index (χ0v) is 10.1. The van der Waals surface area contributed by atoms with E-state index in [0.29, 0.717) is 11.7 Å². The van der Waals surface area contributed by atoms with Crippen LogP contribution in [0, 0.1) is 0 Å². The Balaban J connectivity index is 1.67. The fraction of sp³-hybridized carbons (Fsp3) is 0.417. The second-order valence-electron chi connectivity index (χ2n) is 4.58. The summed E-state index contributed by atoms with van der Waals surface area (Å²) in [6.45, 7) is 1.95. The first kappa shape index (κ1) is 11.0. The Morgan fingerprint density at radius 2 is 2.11 bits per heavy atom. The molecule has 0 bridgehead atoms. The third-order valence-electron chi connectivity index (χ3n) is 3.42. The van der Waals surface area contributed by atoms with E-state index in [4.69, 9.17) is 5.73 Å². The van der Waals surface area contributed by atoms with Crippen LogP contribution in [0.1, 0.15) is 24.5 Å². The van der Waals surface area contributed by atoms with Crippen LogP contribution in [0.25, 0.3) is 0 Å². The lowest BCUT2D eigenvalue weighted by Gasteiger charge is -2.32. The quantitative estimate of drug-likeness (QED) is 0.828. The normalized spacial score (nSPS) is 17.0. The predicted octanol–water partition coefficient (Wildman–Crippen LogP) is 1.17. The molecule has 94 valence electrons. The molecule has 0 unspecified atom stereocenters. The fourth-order valence-electron chi connectivity index (χ4n) is 2.44. The Kier molecular flexibility index (Phi) is 2.84. The number of hydrogen-bond acceptors (Lipinski definition) is 5. The van der Waals surface area contributed by atoms with Gasteiger partial charge in [-0.2, -0.15) is 5.10 Å². The van der Waals surface area contributed by atoms with Gasteiger partial charge in [0.1, 0.15) is 11.6 Å². The number of anilines is 2. The summed E-state index contributed by atoms with van der Waals surface area (Å²) >= 11 is 0. The minimum Gasteiger partial charge on any atom is -0.382 e. The molecule has 2 aromatic heterocycles. The Morgan fingerprint density at radius 1 is 1.28 bits per heavy atom. The highest BCUT2D eigenvalue weighted by atomic mass is 15.2. The van der Waals surface area contributed by atoms with E-state index in [1.54, 1.807) is 12.4 Å². The molecule has 0 atom stereocenters. The van der Waals surface area contributed by atoms with E-state index in [-0.39, 0.29) is 0 Å². The molecule has 3 N–H and O–H groups in total. The molecule has 0 aromatic carbocycles. The van der Waals surface area contributed by atoms with Gasteiger partial charge in [-0.15, -0.1) is 0 Å². The number of hydrogen-bond donors (Lipinski definition) is 2. The zero-order chi connectivity index (χ0) is 12.4. The molecule has 0 radical (unpaired) electrons. The number of aromatic amines is 1. The topological polar surface area (TPSA) is 83.7 Å². The van der Waals surface area contributed by atoms with Crippen molar-refractivity contribution in [3.8, 4) is 0 Å². The summed E-state index contributed by atoms with van der Waals surface area (Å²) in [6.07, 6.45) is 7.34. The second kappa shape index (κ2) is 4.64. The fourth-order valence-corrected chi connectivity index (χ4v) is 2.44. The van der Waals surface area contributed by atoms with E-state index in [2.05, 4.69) is 31.1 Å². The molecule has 1 saturated heterocycles. The highest BCUT2D eigenvalue weighted by Gasteiger charge is 2.22. The number of piperidine rings is 1. The van der Waals surface area contributed by atoms with Gasteiger partial charge in [0.05, 0.1) is 12.4 Å². The molecular weight excluding hydrogens is 228 g/mol. The lowest BCUT2D eigenvalue weighted by atomic mass is 9.94. The van der Waals surface area contributed by atoms with Gasteiger partial charge in [-0.3, -0.25) is 10.1 Å². The van der Waals surface area contributed by atoms with Crippen molar-refractivity contribution >= 4 is 11.6 Å². The molecule has 0 saturated carbocycles. The van der Waals surface area contributed by atoms with Crippen LogP contribution in [0.4, 0.5) is 11.6 Å². The van der Waals surface area contributed by atoms with E-state index in [9.17, 15) is 0 Å². The number of aromatic nitrogens is 4. The summed E-state index contributed by atoms with van der Waals surface area (Å²) in [7, 11) is 0. The summed E-state index contributed by atoms with van der Waals surface area (Å²) in [6, 6.07) is 2.06. The lowest BCUT2D eigenvalue weighted by molar-refractivity contribution is 0.493. The molecule has 6 heteroatoms. The number of rotatable bonds is 2. The highest BCUT2D eigenvalue weighted by molar-refractivity contribution is 5.42. The van der Waals surface area contributed by atoms with Crippen LogP contribution in [-0.2, 0) is 0 Å². The van der Waals surface area contributed by atoms with Crippen LogP contribution >= 0.6 is 0 Å². The third kappa shape index (κ3) is 2.13. The summed E-state index contributed by atoms with van der Waals surface area (Å²) in [5.74, 6) is 1.92. The van der Waals surface area contributed by atoms with Gasteiger partial charge >= 0.3 is 0 Å². The maximum Gasteiger partial charge on any atom is 0.149 e. The van der Waals surface area contributed by atoms with Crippen molar-refractivity contribution in [2.45, 2.75) is 18.8 Å². The molecule has 3 heterocycles. The number of nitrogens with one attached hydrogen (secondary N) is 1. The minimum absolute atomic E-state index is 0.475.